The first-order valence-corrected chi connectivity index (χ1v) is 48.5. The minimum atomic E-state index is -0.439. The van der Waals surface area contributed by atoms with E-state index in [9.17, 15) is 0 Å². The molecule has 0 bridgehead atoms. The monoisotopic (exact) mass is 1850 g/mol. The van der Waals surface area contributed by atoms with E-state index in [1.165, 1.54) is 166 Å². The highest BCUT2D eigenvalue weighted by Gasteiger charge is 2.48. The van der Waals surface area contributed by atoms with E-state index < -0.39 is 10.8 Å². The summed E-state index contributed by atoms with van der Waals surface area (Å²) in [5.74, 6) is 0. The fourth-order valence-electron chi connectivity index (χ4n) is 21.9. The molecule has 0 aliphatic heterocycles. The number of hydrogen-bond acceptors (Lipinski definition) is 2. The van der Waals surface area contributed by atoms with Gasteiger partial charge in [0.25, 0.3) is 0 Å². The molecule has 0 spiro atoms. The molecule has 0 unspecified atom stereocenters. The maximum absolute atomic E-state index is 3.75. The molecule has 140 heavy (non-hydrogen) atoms. The Kier molecular flexibility index (Phi) is 23.3. The SMILES string of the molecule is Brc1ccccc1-c1cccc(-c2ccc3c(c2)c2ccccc2n3-c2ccc3c(c2)-c2ccccc2C3(c2ccccc2)c2ccccc2)c1.C.c1ccc(-c2ccc(N(c3ccccc3)c3ccccc3-c3cccc(-c4ccc5c(c4)c4ccccc4n5-c4ccc5c(c4)-c4ccccc4C5(c4ccccc4)c4ccccc4)c3)cc2)cc1.c1ccc(Nc2ccc(-c3ccccc3)cc2)cc1. The van der Waals surface area contributed by atoms with Crippen molar-refractivity contribution >= 4 is 88.0 Å². The fourth-order valence-corrected chi connectivity index (χ4v) is 22.4. The molecule has 22 aromatic carbocycles. The Labute approximate surface area is 826 Å². The van der Waals surface area contributed by atoms with Gasteiger partial charge in [0.1, 0.15) is 0 Å². The van der Waals surface area contributed by atoms with Gasteiger partial charge in [-0.1, -0.05) is 448 Å². The number of benzene rings is 22. The van der Waals surface area contributed by atoms with Crippen LogP contribution in [0.5, 0.6) is 0 Å². The van der Waals surface area contributed by atoms with Crippen molar-refractivity contribution < 1.29 is 0 Å². The molecule has 2 aliphatic carbocycles. The van der Waals surface area contributed by atoms with Crippen LogP contribution in [-0.2, 0) is 10.8 Å². The highest BCUT2D eigenvalue weighted by Crippen LogP contribution is 2.59. The number of rotatable bonds is 17. The van der Waals surface area contributed by atoms with Gasteiger partial charge in [-0.25, -0.2) is 0 Å². The standard InChI is InChI=1S/C67H46N2.C49H32BrN.C18H15N.CH4/c1-5-20-47(21-6-1)48-36-39-55(40-37-48)68(54-28-11-4-12-29-54)64-34-17-14-30-57(64)51-23-19-22-49(44-51)50-38-43-66-61(45-50)59-32-15-18-35-65(59)69(66)56-41-42-63-60(46-56)58-31-13-16-33-62(58)67(63,52-24-7-2-8-25-52)53-26-9-3-10-27-53;50-46-24-11-8-20-39(46)35-15-13-14-33(30-35)34-26-29-48-43(31-34)41-22-9-12-25-47(41)51(48)38-27-28-45-42(32-38)40-21-7-10-23-44(40)49(45,36-16-3-1-4-17-36)37-18-5-2-6-19-37;1-3-7-15(8-4-1)16-11-13-18(14-12-16)19-17-9-5-2-6-10-17;/h1-46H;1-32H;1-14,19H;1H4. The number of para-hydroxylation sites is 5. The Hall–Kier alpha value is -17.5. The second-order valence-corrected chi connectivity index (χ2v) is 36.7. The highest BCUT2D eigenvalue weighted by molar-refractivity contribution is 9.10. The van der Waals surface area contributed by atoms with Gasteiger partial charge in [-0.15, -0.1) is 0 Å². The highest BCUT2D eigenvalue weighted by atomic mass is 79.9. The van der Waals surface area contributed by atoms with Gasteiger partial charge in [0.15, 0.2) is 0 Å². The van der Waals surface area contributed by atoms with Crippen LogP contribution in [0.3, 0.4) is 0 Å². The Bertz CT molecular complexity index is 8540. The average Bonchev–Trinajstić information content (AvgIpc) is 1.54. The summed E-state index contributed by atoms with van der Waals surface area (Å²) in [5, 5.41) is 8.34. The van der Waals surface area contributed by atoms with Gasteiger partial charge < -0.3 is 19.4 Å². The topological polar surface area (TPSA) is 25.1 Å². The Morgan fingerprint density at radius 1 is 0.193 bits per heavy atom. The normalized spacial score (nSPS) is 12.2. The largest absolute Gasteiger partial charge is 0.356 e. The van der Waals surface area contributed by atoms with Crippen molar-refractivity contribution in [2.45, 2.75) is 18.3 Å². The number of fused-ring (bicyclic) bond motifs is 12. The summed E-state index contributed by atoms with van der Waals surface area (Å²) in [6.45, 7) is 0. The first-order valence-electron chi connectivity index (χ1n) is 47.7. The molecule has 2 aromatic heterocycles. The van der Waals surface area contributed by atoms with Gasteiger partial charge in [-0.05, 0) is 261 Å². The smallest absolute Gasteiger partial charge is 0.0713 e. The first-order chi connectivity index (χ1) is 68.9. The summed E-state index contributed by atoms with van der Waals surface area (Å²) in [4.78, 5) is 2.37. The van der Waals surface area contributed by atoms with Crippen LogP contribution in [-0.4, -0.2) is 9.13 Å². The lowest BCUT2D eigenvalue weighted by Crippen LogP contribution is -2.28. The average molecular weight is 1860 g/mol. The van der Waals surface area contributed by atoms with Gasteiger partial charge in [-0.3, -0.25) is 0 Å². The molecule has 664 valence electrons. The van der Waals surface area contributed by atoms with Gasteiger partial charge in [-0.2, -0.15) is 0 Å². The van der Waals surface area contributed by atoms with Crippen LogP contribution in [0, 0.1) is 0 Å². The van der Waals surface area contributed by atoms with Crippen molar-refractivity contribution in [3.8, 4) is 100 Å². The lowest BCUT2D eigenvalue weighted by atomic mass is 9.68. The number of nitrogens with one attached hydrogen (secondary N) is 1. The molecule has 0 atom stereocenters. The number of nitrogens with zero attached hydrogens (tertiary/aromatic N) is 3. The van der Waals surface area contributed by atoms with Crippen molar-refractivity contribution in [1.29, 1.82) is 0 Å². The molecular formula is C135H97BrN4. The van der Waals surface area contributed by atoms with Crippen LogP contribution in [0.2, 0.25) is 0 Å². The summed E-state index contributed by atoms with van der Waals surface area (Å²) in [6.07, 6.45) is 0. The summed E-state index contributed by atoms with van der Waals surface area (Å²) in [5.41, 5.74) is 41.6. The van der Waals surface area contributed by atoms with Crippen LogP contribution < -0.4 is 10.2 Å². The minimum absolute atomic E-state index is 0. The van der Waals surface area contributed by atoms with E-state index in [1.54, 1.807) is 0 Å². The predicted octanol–water partition coefficient (Wildman–Crippen LogP) is 36.6. The molecule has 0 amide bonds. The minimum Gasteiger partial charge on any atom is -0.356 e. The van der Waals surface area contributed by atoms with Crippen LogP contribution in [0.25, 0.3) is 144 Å². The number of hydrogen-bond donors (Lipinski definition) is 1. The van der Waals surface area contributed by atoms with Crippen molar-refractivity contribution in [1.82, 2.24) is 9.13 Å². The summed E-state index contributed by atoms with van der Waals surface area (Å²) < 4.78 is 6.00. The molecule has 0 fully saturated rings. The molecule has 1 N–H and O–H groups in total. The Morgan fingerprint density at radius 2 is 0.500 bits per heavy atom. The second-order valence-electron chi connectivity index (χ2n) is 35.9. The van der Waals surface area contributed by atoms with E-state index in [0.717, 1.165) is 55.4 Å². The molecule has 5 heteroatoms. The van der Waals surface area contributed by atoms with Crippen molar-refractivity contribution in [2.75, 3.05) is 10.2 Å². The predicted molar refractivity (Wildman–Crippen MR) is 594 cm³/mol. The summed E-state index contributed by atoms with van der Waals surface area (Å²) >= 11 is 3.75. The van der Waals surface area contributed by atoms with Crippen molar-refractivity contribution in [2.24, 2.45) is 0 Å². The van der Waals surface area contributed by atoms with E-state index in [0.29, 0.717) is 0 Å². The van der Waals surface area contributed by atoms with Crippen LogP contribution in [0.1, 0.15) is 51.9 Å². The van der Waals surface area contributed by atoms with E-state index in [2.05, 4.69) is 569 Å². The zero-order chi connectivity index (χ0) is 92.6. The zero-order valence-electron chi connectivity index (χ0n) is 76.3. The summed E-state index contributed by atoms with van der Waals surface area (Å²) in [7, 11) is 0. The van der Waals surface area contributed by atoms with Crippen LogP contribution in [0.4, 0.5) is 28.4 Å². The number of aromatic nitrogens is 2. The van der Waals surface area contributed by atoms with E-state index in [1.807, 2.05) is 24.3 Å². The van der Waals surface area contributed by atoms with Gasteiger partial charge in [0.05, 0.1) is 38.6 Å². The van der Waals surface area contributed by atoms with E-state index in [-0.39, 0.29) is 7.43 Å². The van der Waals surface area contributed by atoms with Gasteiger partial charge in [0.2, 0.25) is 0 Å². The molecule has 0 saturated heterocycles. The number of halogens is 1. The second kappa shape index (κ2) is 37.7. The first kappa shape index (κ1) is 86.6. The lowest BCUT2D eigenvalue weighted by molar-refractivity contribution is 0.768. The molecule has 24 aromatic rings. The van der Waals surface area contributed by atoms with Crippen LogP contribution >= 0.6 is 15.9 Å². The zero-order valence-corrected chi connectivity index (χ0v) is 77.9. The third kappa shape index (κ3) is 15.6. The van der Waals surface area contributed by atoms with Crippen molar-refractivity contribution in [3.05, 3.63) is 607 Å². The quantitative estimate of drug-likeness (QED) is 0.0983. The molecule has 26 rings (SSSR count). The fraction of sp³-hybridized carbons (Fsp3) is 0.0222. The van der Waals surface area contributed by atoms with Crippen molar-refractivity contribution in [3.63, 3.8) is 0 Å². The third-order valence-electron chi connectivity index (χ3n) is 28.1. The van der Waals surface area contributed by atoms with E-state index >= 15 is 0 Å². The number of anilines is 5. The van der Waals surface area contributed by atoms with Crippen LogP contribution in [0.15, 0.2) is 563 Å². The molecule has 4 nitrogen and oxygen atoms in total. The molecule has 0 radical (unpaired) electrons. The molecule has 2 aliphatic rings. The van der Waals surface area contributed by atoms with Gasteiger partial charge >= 0.3 is 0 Å². The lowest BCUT2D eigenvalue weighted by Gasteiger charge is -2.33. The molecular weight excluding hydrogens is 1760 g/mol. The van der Waals surface area contributed by atoms with E-state index in [4.69, 9.17) is 0 Å². The Balaban J connectivity index is 0.000000134. The Morgan fingerprint density at radius 3 is 0.957 bits per heavy atom. The summed E-state index contributed by atoms with van der Waals surface area (Å²) in [6, 6.07) is 202. The molecule has 2 heterocycles. The maximum atomic E-state index is 3.75. The maximum Gasteiger partial charge on any atom is 0.0713 e. The van der Waals surface area contributed by atoms with Gasteiger partial charge in [0, 0.05) is 65.7 Å². The third-order valence-corrected chi connectivity index (χ3v) is 28.8. The molecule has 0 saturated carbocycles.